The highest BCUT2D eigenvalue weighted by Crippen LogP contribution is 2.15. The second-order valence-corrected chi connectivity index (χ2v) is 1.88. The van der Waals surface area contributed by atoms with E-state index >= 15 is 0 Å². The first kappa shape index (κ1) is 7.30. The maximum atomic E-state index is 10.3. The third-order valence-corrected chi connectivity index (χ3v) is 1.24. The van der Waals surface area contributed by atoms with E-state index < -0.39 is 0 Å². The van der Waals surface area contributed by atoms with Crippen molar-refractivity contribution >= 4 is 12.1 Å². The summed E-state index contributed by atoms with van der Waals surface area (Å²) in [5.74, 6) is 0.167. The minimum Gasteiger partial charge on any atom is -0.298 e. The topological polar surface area (TPSA) is 94.5 Å². The summed E-state index contributed by atoms with van der Waals surface area (Å²) < 4.78 is 0. The second kappa shape index (κ2) is 2.85. The summed E-state index contributed by atoms with van der Waals surface area (Å²) in [6, 6.07) is 0. The smallest absolute Gasteiger partial charge is 0.153 e. The van der Waals surface area contributed by atoms with Gasteiger partial charge in [0, 0.05) is 4.91 Å². The van der Waals surface area contributed by atoms with E-state index in [1.54, 1.807) is 6.92 Å². The fourth-order valence-corrected chi connectivity index (χ4v) is 0.691. The van der Waals surface area contributed by atoms with Gasteiger partial charge in [0.05, 0.1) is 11.3 Å². The highest BCUT2D eigenvalue weighted by molar-refractivity contribution is 5.82. The summed E-state index contributed by atoms with van der Waals surface area (Å²) >= 11 is 0. The van der Waals surface area contributed by atoms with Gasteiger partial charge in [-0.3, -0.25) is 9.89 Å². The van der Waals surface area contributed by atoms with Crippen LogP contribution in [-0.4, -0.2) is 16.5 Å². The summed E-state index contributed by atoms with van der Waals surface area (Å²) in [4.78, 5) is 12.9. The first-order valence-corrected chi connectivity index (χ1v) is 2.85. The zero-order valence-electron chi connectivity index (χ0n) is 5.77. The molecule has 0 aliphatic rings. The molecule has 56 valence electrons. The van der Waals surface area contributed by atoms with Crippen molar-refractivity contribution in [3.63, 3.8) is 0 Å². The van der Waals surface area contributed by atoms with E-state index in [-0.39, 0.29) is 5.82 Å². The van der Waals surface area contributed by atoms with Crippen molar-refractivity contribution in [3.8, 4) is 0 Å². The average molecular weight is 151 g/mol. The fourth-order valence-electron chi connectivity index (χ4n) is 0.691. The molecule has 1 aromatic rings. The molecule has 6 heteroatoms. The van der Waals surface area contributed by atoms with Crippen LogP contribution in [-0.2, 0) is 0 Å². The summed E-state index contributed by atoms with van der Waals surface area (Å²) in [6.45, 7) is 1.65. The van der Waals surface area contributed by atoms with Gasteiger partial charge in [-0.25, -0.2) is 0 Å². The van der Waals surface area contributed by atoms with E-state index in [2.05, 4.69) is 20.2 Å². The molecule has 0 aliphatic carbocycles. The van der Waals surface area contributed by atoms with Gasteiger partial charge in [-0.05, 0) is 17.6 Å². The molecule has 0 atom stereocenters. The number of aromatic nitrogens is 2. The minimum atomic E-state index is 0.167. The summed E-state index contributed by atoms with van der Waals surface area (Å²) in [5, 5.41) is 9.34. The predicted octanol–water partition coefficient (Wildman–Crippen LogP) is 1.47. The SMILES string of the molecule is Cc1n[nH]c(N=[N+]=[N-])c1C=O. The van der Waals surface area contributed by atoms with Crippen molar-refractivity contribution in [2.24, 2.45) is 5.11 Å². The van der Waals surface area contributed by atoms with Crippen LogP contribution in [0.1, 0.15) is 16.1 Å². The number of aldehydes is 1. The normalized spacial score (nSPS) is 8.82. The van der Waals surface area contributed by atoms with Crippen LogP contribution in [0.3, 0.4) is 0 Å². The van der Waals surface area contributed by atoms with Crippen LogP contribution in [0, 0.1) is 6.92 Å². The molecule has 0 saturated heterocycles. The number of H-pyrrole nitrogens is 1. The third-order valence-electron chi connectivity index (χ3n) is 1.24. The largest absolute Gasteiger partial charge is 0.298 e. The Balaban J connectivity index is 3.25. The number of hydrogen-bond donors (Lipinski definition) is 1. The molecule has 0 spiro atoms. The molecule has 0 aromatic carbocycles. The van der Waals surface area contributed by atoms with Crippen LogP contribution >= 0.6 is 0 Å². The Hall–Kier alpha value is -1.81. The molecular weight excluding hydrogens is 146 g/mol. The number of hydrogen-bond acceptors (Lipinski definition) is 3. The molecular formula is C5H5N5O. The highest BCUT2D eigenvalue weighted by atomic mass is 16.1. The van der Waals surface area contributed by atoms with Crippen LogP contribution in [0.4, 0.5) is 5.82 Å². The maximum absolute atomic E-state index is 10.3. The molecule has 0 radical (unpaired) electrons. The highest BCUT2D eigenvalue weighted by Gasteiger charge is 2.05. The first-order valence-electron chi connectivity index (χ1n) is 2.85. The average Bonchev–Trinajstić information content (AvgIpc) is 2.33. The Morgan fingerprint density at radius 3 is 3.09 bits per heavy atom. The molecule has 0 aliphatic heterocycles. The Bertz CT molecular complexity index is 322. The third kappa shape index (κ3) is 1.20. The number of carbonyl (C=O) groups is 1. The maximum Gasteiger partial charge on any atom is 0.153 e. The Labute approximate surface area is 61.9 Å². The lowest BCUT2D eigenvalue weighted by Gasteiger charge is -1.83. The molecule has 0 unspecified atom stereocenters. The van der Waals surface area contributed by atoms with Crippen molar-refractivity contribution in [2.75, 3.05) is 0 Å². The zero-order valence-corrected chi connectivity index (χ0v) is 5.77. The molecule has 1 N–H and O–H groups in total. The van der Waals surface area contributed by atoms with Crippen LogP contribution in [0.2, 0.25) is 0 Å². The number of azide groups is 1. The standard InChI is InChI=1S/C5H5N5O/c1-3-4(2-11)5(8-7-3)9-10-6/h2H,1H3,(H,7,8). The summed E-state index contributed by atoms with van der Waals surface area (Å²) in [5.41, 5.74) is 8.88. The predicted molar refractivity (Wildman–Crippen MR) is 37.5 cm³/mol. The van der Waals surface area contributed by atoms with Crippen LogP contribution < -0.4 is 0 Å². The Kier molecular flexibility index (Phi) is 1.89. The van der Waals surface area contributed by atoms with Gasteiger partial charge in [-0.15, -0.1) is 0 Å². The lowest BCUT2D eigenvalue weighted by Crippen LogP contribution is -1.78. The lowest BCUT2D eigenvalue weighted by atomic mass is 10.3. The number of nitrogens with zero attached hydrogens (tertiary/aromatic N) is 4. The van der Waals surface area contributed by atoms with Gasteiger partial charge in [0.2, 0.25) is 0 Å². The summed E-state index contributed by atoms with van der Waals surface area (Å²) in [7, 11) is 0. The minimum absolute atomic E-state index is 0.167. The number of carbonyl (C=O) groups excluding carboxylic acids is 1. The van der Waals surface area contributed by atoms with Gasteiger partial charge in [-0.2, -0.15) is 5.10 Å². The Morgan fingerprint density at radius 1 is 1.82 bits per heavy atom. The summed E-state index contributed by atoms with van der Waals surface area (Å²) in [6.07, 6.45) is 0.600. The molecule has 1 aromatic heterocycles. The number of rotatable bonds is 2. The van der Waals surface area contributed by atoms with Gasteiger partial charge in [0.15, 0.2) is 6.29 Å². The number of aromatic amines is 1. The lowest BCUT2D eigenvalue weighted by molar-refractivity contribution is 0.112. The van der Waals surface area contributed by atoms with Crippen molar-refractivity contribution in [1.82, 2.24) is 10.2 Å². The van der Waals surface area contributed by atoms with Gasteiger partial charge < -0.3 is 0 Å². The molecule has 0 fully saturated rings. The van der Waals surface area contributed by atoms with Gasteiger partial charge in [0.1, 0.15) is 5.82 Å². The number of nitrogens with one attached hydrogen (secondary N) is 1. The van der Waals surface area contributed by atoms with E-state index in [0.29, 0.717) is 17.5 Å². The Morgan fingerprint density at radius 2 is 2.55 bits per heavy atom. The molecule has 11 heavy (non-hydrogen) atoms. The van der Waals surface area contributed by atoms with Crippen LogP contribution in [0.25, 0.3) is 10.4 Å². The van der Waals surface area contributed by atoms with E-state index in [1.807, 2.05) is 0 Å². The fraction of sp³-hybridized carbons (Fsp3) is 0.200. The second-order valence-electron chi connectivity index (χ2n) is 1.88. The van der Waals surface area contributed by atoms with Crippen molar-refractivity contribution < 1.29 is 4.79 Å². The van der Waals surface area contributed by atoms with E-state index in [4.69, 9.17) is 5.53 Å². The van der Waals surface area contributed by atoms with E-state index in [1.165, 1.54) is 0 Å². The number of aryl methyl sites for hydroxylation is 1. The van der Waals surface area contributed by atoms with Crippen LogP contribution in [0.5, 0.6) is 0 Å². The van der Waals surface area contributed by atoms with Gasteiger partial charge >= 0.3 is 0 Å². The molecule has 1 heterocycles. The molecule has 0 bridgehead atoms. The zero-order chi connectivity index (χ0) is 8.27. The quantitative estimate of drug-likeness (QED) is 0.300. The van der Waals surface area contributed by atoms with Crippen molar-refractivity contribution in [3.05, 3.63) is 21.7 Å². The van der Waals surface area contributed by atoms with Crippen LogP contribution in [0.15, 0.2) is 5.11 Å². The van der Waals surface area contributed by atoms with E-state index in [0.717, 1.165) is 0 Å². The molecule has 6 nitrogen and oxygen atoms in total. The molecule has 1 rings (SSSR count). The van der Waals surface area contributed by atoms with E-state index in [9.17, 15) is 4.79 Å². The molecule has 0 amide bonds. The van der Waals surface area contributed by atoms with Gasteiger partial charge in [0.25, 0.3) is 0 Å². The van der Waals surface area contributed by atoms with Crippen molar-refractivity contribution in [2.45, 2.75) is 6.92 Å². The van der Waals surface area contributed by atoms with Gasteiger partial charge in [-0.1, -0.05) is 0 Å². The first-order chi connectivity index (χ1) is 5.29. The monoisotopic (exact) mass is 151 g/mol. The molecule has 0 saturated carbocycles. The van der Waals surface area contributed by atoms with Crippen molar-refractivity contribution in [1.29, 1.82) is 0 Å².